The van der Waals surface area contributed by atoms with E-state index in [4.69, 9.17) is 18.2 Å². The number of fused-ring (bicyclic) bond motifs is 1. The van der Waals surface area contributed by atoms with Gasteiger partial charge in [-0.25, -0.2) is 14.2 Å². The number of benzene rings is 1. The van der Waals surface area contributed by atoms with Crippen LogP contribution in [0, 0.1) is 12.4 Å². The normalized spacial score (nSPS) is 18.9. The lowest BCUT2D eigenvalue weighted by Crippen LogP contribution is -2.33. The van der Waals surface area contributed by atoms with Crippen molar-refractivity contribution >= 4 is 40.3 Å². The minimum absolute atomic E-state index is 0.199. The predicted molar refractivity (Wildman–Crippen MR) is 112 cm³/mol. The van der Waals surface area contributed by atoms with Crippen LogP contribution in [0.2, 0.25) is 0 Å². The largest absolute Gasteiger partial charge is 0.284 e. The average molecular weight is 407 g/mol. The van der Waals surface area contributed by atoms with E-state index < -0.39 is 11.9 Å². The van der Waals surface area contributed by atoms with E-state index in [2.05, 4.69) is 14.8 Å². The van der Waals surface area contributed by atoms with Crippen LogP contribution in [0.15, 0.2) is 53.5 Å². The molecule has 1 aliphatic carbocycles. The molecular weight excluding hydrogens is 391 g/mol. The van der Waals surface area contributed by atoms with Gasteiger partial charge < -0.3 is 0 Å². The molecule has 0 fully saturated rings. The highest BCUT2D eigenvalue weighted by Crippen LogP contribution is 2.29. The Kier molecular flexibility index (Phi) is 5.24. The molecule has 0 aliphatic heterocycles. The van der Waals surface area contributed by atoms with Gasteiger partial charge in [0.2, 0.25) is 5.69 Å². The molecule has 0 N–H and O–H groups in total. The third kappa shape index (κ3) is 3.69. The van der Waals surface area contributed by atoms with E-state index in [1.54, 1.807) is 30.5 Å². The Hall–Kier alpha value is -3.30. The van der Waals surface area contributed by atoms with Crippen LogP contribution in [-0.4, -0.2) is 19.9 Å². The summed E-state index contributed by atoms with van der Waals surface area (Å²) in [5, 5.41) is -0.0871. The Bertz CT molecular complexity index is 1240. The molecule has 0 amide bonds. The van der Waals surface area contributed by atoms with E-state index >= 15 is 0 Å². The molecule has 29 heavy (non-hydrogen) atoms. The van der Waals surface area contributed by atoms with Gasteiger partial charge >= 0.3 is 0 Å². The smallest absolute Gasteiger partial charge is 0.262 e. The molecule has 0 unspecified atom stereocenters. The van der Waals surface area contributed by atoms with Crippen molar-refractivity contribution in [1.82, 2.24) is 14.5 Å². The highest BCUT2D eigenvalue weighted by molar-refractivity contribution is 6.21. The minimum atomic E-state index is -0.497. The molecule has 0 bridgehead atoms. The van der Waals surface area contributed by atoms with Gasteiger partial charge in [-0.2, -0.15) is 0 Å². The molecular formula is C22H16ClFN4O. The van der Waals surface area contributed by atoms with Crippen LogP contribution >= 0.6 is 11.6 Å². The van der Waals surface area contributed by atoms with Gasteiger partial charge in [-0.15, -0.1) is 11.6 Å². The molecule has 2 heterocycles. The van der Waals surface area contributed by atoms with Crippen LogP contribution in [0.5, 0.6) is 0 Å². The van der Waals surface area contributed by atoms with Crippen molar-refractivity contribution in [3.63, 3.8) is 0 Å². The Labute approximate surface area is 171 Å². The second-order valence-corrected chi connectivity index (χ2v) is 7.23. The van der Waals surface area contributed by atoms with Crippen LogP contribution in [0.1, 0.15) is 30.4 Å². The highest BCUT2D eigenvalue weighted by Gasteiger charge is 2.25. The van der Waals surface area contributed by atoms with Gasteiger partial charge in [0.1, 0.15) is 11.6 Å². The number of pyridine rings is 1. The Morgan fingerprint density at radius 3 is 2.97 bits per heavy atom. The fourth-order valence-corrected chi connectivity index (χ4v) is 3.73. The topological polar surface area (TPSA) is 52.1 Å². The number of aromatic nitrogens is 3. The standard InChI is InChI=1S/C22H16ClFN4O/c1-25-18-6-4-12-26-19(18)10-11-21-27-17-9-8-14(24)13-15(17)22(29)28(21)20-7-3-2-5-16(20)23/h3-4,6-13,16,20H,2,5H2/t16-,20+/m1/s1. The first kappa shape index (κ1) is 19.0. The van der Waals surface area contributed by atoms with Crippen molar-refractivity contribution in [2.75, 3.05) is 0 Å². The molecule has 1 aliphatic rings. The SMILES string of the molecule is [C-]#[N+]c1cccnc1C=Cc1nc2ccc(F)cc2c(=O)n1[C@H]1C=CCC[C@H]1Cl. The number of hydrogen-bond donors (Lipinski definition) is 0. The molecule has 5 nitrogen and oxygen atoms in total. The molecule has 0 radical (unpaired) electrons. The van der Waals surface area contributed by atoms with Gasteiger partial charge in [-0.1, -0.05) is 24.3 Å². The lowest BCUT2D eigenvalue weighted by atomic mass is 10.0. The van der Waals surface area contributed by atoms with Crippen LogP contribution < -0.4 is 5.56 Å². The summed E-state index contributed by atoms with van der Waals surface area (Å²) in [6.45, 7) is 7.28. The molecule has 1 aromatic carbocycles. The summed E-state index contributed by atoms with van der Waals surface area (Å²) in [5.41, 5.74) is 0.907. The summed E-state index contributed by atoms with van der Waals surface area (Å²) in [6.07, 6.45) is 10.3. The van der Waals surface area contributed by atoms with Crippen molar-refractivity contribution in [1.29, 1.82) is 0 Å². The van der Waals surface area contributed by atoms with E-state index in [0.29, 0.717) is 22.7 Å². The lowest BCUT2D eigenvalue weighted by Gasteiger charge is -2.26. The zero-order valence-corrected chi connectivity index (χ0v) is 16.1. The Morgan fingerprint density at radius 1 is 1.31 bits per heavy atom. The predicted octanol–water partition coefficient (Wildman–Crippen LogP) is 5.15. The minimum Gasteiger partial charge on any atom is -0.284 e. The number of alkyl halides is 1. The summed E-state index contributed by atoms with van der Waals surface area (Å²) in [4.78, 5) is 25.5. The summed E-state index contributed by atoms with van der Waals surface area (Å²) in [5.74, 6) is -0.124. The van der Waals surface area contributed by atoms with E-state index in [-0.39, 0.29) is 16.3 Å². The molecule has 2 atom stereocenters. The zero-order chi connectivity index (χ0) is 20.4. The summed E-state index contributed by atoms with van der Waals surface area (Å²) in [7, 11) is 0. The van der Waals surface area contributed by atoms with Gasteiger partial charge in [0, 0.05) is 6.20 Å². The lowest BCUT2D eigenvalue weighted by molar-refractivity contribution is 0.505. The molecule has 0 saturated carbocycles. The highest BCUT2D eigenvalue weighted by atomic mass is 35.5. The fourth-order valence-electron chi connectivity index (χ4n) is 3.41. The van der Waals surface area contributed by atoms with E-state index in [1.165, 1.54) is 22.8 Å². The summed E-state index contributed by atoms with van der Waals surface area (Å²) < 4.78 is 15.2. The average Bonchev–Trinajstić information content (AvgIpc) is 2.74. The van der Waals surface area contributed by atoms with Crippen LogP contribution in [0.3, 0.4) is 0 Å². The van der Waals surface area contributed by atoms with Gasteiger partial charge in [0.15, 0.2) is 0 Å². The maximum atomic E-state index is 13.8. The second kappa shape index (κ2) is 7.98. The van der Waals surface area contributed by atoms with Crippen molar-refractivity contribution in [2.24, 2.45) is 0 Å². The van der Waals surface area contributed by atoms with Crippen LogP contribution in [0.25, 0.3) is 27.9 Å². The third-order valence-electron chi connectivity index (χ3n) is 4.83. The monoisotopic (exact) mass is 406 g/mol. The number of nitrogens with zero attached hydrogens (tertiary/aromatic N) is 4. The van der Waals surface area contributed by atoms with Crippen molar-refractivity contribution in [3.05, 3.63) is 87.8 Å². The van der Waals surface area contributed by atoms with Gasteiger partial charge in [-0.05, 0) is 43.2 Å². The third-order valence-corrected chi connectivity index (χ3v) is 5.30. The first-order valence-electron chi connectivity index (χ1n) is 9.11. The summed E-state index contributed by atoms with van der Waals surface area (Å²) >= 11 is 6.52. The summed E-state index contributed by atoms with van der Waals surface area (Å²) in [6, 6.07) is 6.90. The molecule has 2 aromatic heterocycles. The number of hydrogen-bond acceptors (Lipinski definition) is 3. The fraction of sp³-hybridized carbons (Fsp3) is 0.182. The first-order chi connectivity index (χ1) is 14.1. The number of rotatable bonds is 3. The molecule has 0 spiro atoms. The van der Waals surface area contributed by atoms with E-state index in [1.807, 2.05) is 12.2 Å². The van der Waals surface area contributed by atoms with Gasteiger partial charge in [0.25, 0.3) is 5.56 Å². The van der Waals surface area contributed by atoms with E-state index in [9.17, 15) is 9.18 Å². The van der Waals surface area contributed by atoms with Gasteiger partial charge in [-0.3, -0.25) is 14.3 Å². The maximum Gasteiger partial charge on any atom is 0.262 e. The molecule has 4 rings (SSSR count). The molecule has 0 saturated heterocycles. The zero-order valence-electron chi connectivity index (χ0n) is 15.3. The first-order valence-corrected chi connectivity index (χ1v) is 9.55. The van der Waals surface area contributed by atoms with Crippen molar-refractivity contribution in [2.45, 2.75) is 24.3 Å². The number of allylic oxidation sites excluding steroid dienone is 2. The van der Waals surface area contributed by atoms with Crippen LogP contribution in [-0.2, 0) is 0 Å². The van der Waals surface area contributed by atoms with Gasteiger partial charge in [0.05, 0.1) is 34.6 Å². The number of halogens is 2. The molecule has 3 aromatic rings. The van der Waals surface area contributed by atoms with Crippen molar-refractivity contribution < 1.29 is 4.39 Å². The van der Waals surface area contributed by atoms with E-state index in [0.717, 1.165) is 12.8 Å². The molecule has 144 valence electrons. The second-order valence-electron chi connectivity index (χ2n) is 6.67. The molecule has 7 heteroatoms. The van der Waals surface area contributed by atoms with Crippen molar-refractivity contribution in [3.8, 4) is 0 Å². The Balaban J connectivity index is 1.93. The van der Waals surface area contributed by atoms with Crippen LogP contribution in [0.4, 0.5) is 10.1 Å². The maximum absolute atomic E-state index is 13.8. The quantitative estimate of drug-likeness (QED) is 0.343. The Morgan fingerprint density at radius 2 is 2.17 bits per heavy atom.